The summed E-state index contributed by atoms with van der Waals surface area (Å²) >= 11 is 0. The van der Waals surface area contributed by atoms with Crippen molar-refractivity contribution in [2.75, 3.05) is 18.0 Å². The van der Waals surface area contributed by atoms with Crippen molar-refractivity contribution >= 4 is 11.7 Å². The van der Waals surface area contributed by atoms with E-state index >= 15 is 0 Å². The Bertz CT molecular complexity index is 523. The number of anilines is 1. The molecule has 0 bridgehead atoms. The van der Waals surface area contributed by atoms with Gasteiger partial charge in [0, 0.05) is 24.8 Å². The van der Waals surface area contributed by atoms with E-state index in [1.54, 1.807) is 6.20 Å². The number of piperidine rings is 1. The van der Waals surface area contributed by atoms with E-state index in [-0.39, 0.29) is 16.9 Å². The van der Waals surface area contributed by atoms with Gasteiger partial charge in [-0.3, -0.25) is 4.79 Å². The largest absolute Gasteiger partial charge is 0.357 e. The first kappa shape index (κ1) is 17.8. The minimum absolute atomic E-state index is 0.0445. The molecule has 1 saturated heterocycles. The number of nitrogens with one attached hydrogen (secondary N) is 1. The van der Waals surface area contributed by atoms with Crippen LogP contribution in [0.4, 0.5) is 5.82 Å². The highest BCUT2D eigenvalue weighted by atomic mass is 16.1. The van der Waals surface area contributed by atoms with Gasteiger partial charge in [-0.05, 0) is 57.1 Å². The van der Waals surface area contributed by atoms with Gasteiger partial charge >= 0.3 is 0 Å². The van der Waals surface area contributed by atoms with Gasteiger partial charge in [-0.2, -0.15) is 0 Å². The van der Waals surface area contributed by atoms with E-state index in [1.165, 1.54) is 19.3 Å². The van der Waals surface area contributed by atoms with E-state index in [0.717, 1.165) is 25.3 Å². The minimum Gasteiger partial charge on any atom is -0.357 e. The number of aromatic nitrogens is 1. The summed E-state index contributed by atoms with van der Waals surface area (Å²) in [7, 11) is 0. The van der Waals surface area contributed by atoms with E-state index in [1.807, 2.05) is 12.1 Å². The molecule has 1 amide bonds. The predicted molar refractivity (Wildman–Crippen MR) is 95.9 cm³/mol. The summed E-state index contributed by atoms with van der Waals surface area (Å²) in [6.45, 7) is 12.9. The van der Waals surface area contributed by atoms with Gasteiger partial charge in [0.2, 0.25) is 0 Å². The number of hydrogen-bond donors (Lipinski definition) is 1. The molecule has 4 nitrogen and oxygen atoms in total. The summed E-state index contributed by atoms with van der Waals surface area (Å²) in [4.78, 5) is 19.3. The average Bonchev–Trinajstić information content (AvgIpc) is 2.45. The Morgan fingerprint density at radius 3 is 2.30 bits per heavy atom. The number of amides is 1. The average molecular weight is 317 g/mol. The van der Waals surface area contributed by atoms with E-state index in [0.29, 0.717) is 5.56 Å². The van der Waals surface area contributed by atoms with Gasteiger partial charge in [0.25, 0.3) is 5.91 Å². The Balaban J connectivity index is 1.99. The zero-order valence-corrected chi connectivity index (χ0v) is 15.3. The first-order valence-corrected chi connectivity index (χ1v) is 8.70. The van der Waals surface area contributed by atoms with Crippen LogP contribution < -0.4 is 10.2 Å². The second-order valence-corrected chi connectivity index (χ2v) is 8.53. The molecule has 1 aromatic rings. The summed E-state index contributed by atoms with van der Waals surface area (Å²) in [5.74, 6) is 0.937. The van der Waals surface area contributed by atoms with Gasteiger partial charge < -0.3 is 10.2 Å². The topological polar surface area (TPSA) is 45.2 Å². The van der Waals surface area contributed by atoms with Crippen molar-refractivity contribution in [3.8, 4) is 0 Å². The van der Waals surface area contributed by atoms with E-state index in [9.17, 15) is 4.79 Å². The Kier molecular flexibility index (Phi) is 5.33. The highest BCUT2D eigenvalue weighted by molar-refractivity contribution is 5.94. The van der Waals surface area contributed by atoms with Crippen molar-refractivity contribution in [2.24, 2.45) is 5.41 Å². The molecule has 4 heteroatoms. The van der Waals surface area contributed by atoms with Gasteiger partial charge in [-0.15, -0.1) is 0 Å². The van der Waals surface area contributed by atoms with Crippen molar-refractivity contribution in [3.05, 3.63) is 23.9 Å². The lowest BCUT2D eigenvalue weighted by atomic mass is 9.81. The van der Waals surface area contributed by atoms with Crippen molar-refractivity contribution in [3.63, 3.8) is 0 Å². The molecule has 1 aliphatic rings. The number of rotatable bonds is 4. The van der Waals surface area contributed by atoms with Crippen LogP contribution in [0, 0.1) is 5.41 Å². The molecule has 128 valence electrons. The Labute approximate surface area is 140 Å². The highest BCUT2D eigenvalue weighted by Gasteiger charge is 2.27. The third-order valence-corrected chi connectivity index (χ3v) is 4.11. The summed E-state index contributed by atoms with van der Waals surface area (Å²) in [6, 6.07) is 3.86. The lowest BCUT2D eigenvalue weighted by Crippen LogP contribution is -2.45. The minimum atomic E-state index is -0.235. The maximum Gasteiger partial charge on any atom is 0.253 e. The van der Waals surface area contributed by atoms with Crippen molar-refractivity contribution in [1.29, 1.82) is 0 Å². The monoisotopic (exact) mass is 317 g/mol. The third-order valence-electron chi connectivity index (χ3n) is 4.11. The van der Waals surface area contributed by atoms with Crippen molar-refractivity contribution in [1.82, 2.24) is 10.3 Å². The second-order valence-electron chi connectivity index (χ2n) is 8.53. The molecule has 1 fully saturated rings. The van der Waals surface area contributed by atoms with Gasteiger partial charge in [-0.25, -0.2) is 4.98 Å². The SMILES string of the molecule is CC(C)(C)CC(C)(C)NC(=O)c1ccc(N2CCCCC2)nc1. The van der Waals surface area contributed by atoms with Crippen LogP contribution >= 0.6 is 0 Å². The number of nitrogens with zero attached hydrogens (tertiary/aromatic N) is 2. The fourth-order valence-corrected chi connectivity index (χ4v) is 3.58. The first-order chi connectivity index (χ1) is 10.7. The number of pyridine rings is 1. The Morgan fingerprint density at radius 1 is 1.13 bits per heavy atom. The lowest BCUT2D eigenvalue weighted by molar-refractivity contribution is 0.0891. The molecule has 2 heterocycles. The molecule has 0 radical (unpaired) electrons. The zero-order chi connectivity index (χ0) is 17.1. The summed E-state index contributed by atoms with van der Waals surface area (Å²) in [5.41, 5.74) is 0.571. The molecular weight excluding hydrogens is 286 g/mol. The van der Waals surface area contributed by atoms with Gasteiger partial charge in [0.15, 0.2) is 0 Å². The first-order valence-electron chi connectivity index (χ1n) is 8.70. The molecular formula is C19H31N3O. The van der Waals surface area contributed by atoms with Crippen LogP contribution in [0.2, 0.25) is 0 Å². The van der Waals surface area contributed by atoms with Crippen LogP contribution in [0.15, 0.2) is 18.3 Å². The van der Waals surface area contributed by atoms with Crippen LogP contribution in [0.25, 0.3) is 0 Å². The second kappa shape index (κ2) is 6.90. The Morgan fingerprint density at radius 2 is 1.78 bits per heavy atom. The van der Waals surface area contributed by atoms with Crippen LogP contribution in [0.1, 0.15) is 70.7 Å². The molecule has 2 rings (SSSR count). The molecule has 0 saturated carbocycles. The van der Waals surface area contributed by atoms with Gasteiger partial charge in [0.05, 0.1) is 5.56 Å². The molecule has 23 heavy (non-hydrogen) atoms. The van der Waals surface area contributed by atoms with Gasteiger partial charge in [-0.1, -0.05) is 20.8 Å². The van der Waals surface area contributed by atoms with Crippen LogP contribution in [-0.4, -0.2) is 29.5 Å². The fraction of sp³-hybridized carbons (Fsp3) is 0.684. The van der Waals surface area contributed by atoms with Crippen molar-refractivity contribution < 1.29 is 4.79 Å². The van der Waals surface area contributed by atoms with E-state index < -0.39 is 0 Å². The van der Waals surface area contributed by atoms with Crippen LogP contribution in [0.3, 0.4) is 0 Å². The molecule has 0 unspecified atom stereocenters. The maximum absolute atomic E-state index is 12.5. The predicted octanol–water partition coefficient (Wildman–Crippen LogP) is 4.02. The molecule has 0 atom stereocenters. The quantitative estimate of drug-likeness (QED) is 0.912. The maximum atomic E-state index is 12.5. The van der Waals surface area contributed by atoms with Crippen LogP contribution in [0.5, 0.6) is 0 Å². The summed E-state index contributed by atoms with van der Waals surface area (Å²) < 4.78 is 0. The van der Waals surface area contributed by atoms with E-state index in [4.69, 9.17) is 0 Å². The van der Waals surface area contributed by atoms with E-state index in [2.05, 4.69) is 49.8 Å². The normalized spacial score (nSPS) is 16.3. The lowest BCUT2D eigenvalue weighted by Gasteiger charge is -2.33. The molecule has 1 aromatic heterocycles. The molecule has 1 N–H and O–H groups in total. The Hall–Kier alpha value is -1.58. The van der Waals surface area contributed by atoms with Crippen LogP contribution in [-0.2, 0) is 0 Å². The number of carbonyl (C=O) groups excluding carboxylic acids is 1. The molecule has 0 aliphatic carbocycles. The zero-order valence-electron chi connectivity index (χ0n) is 15.3. The van der Waals surface area contributed by atoms with Crippen molar-refractivity contribution in [2.45, 2.75) is 65.8 Å². The van der Waals surface area contributed by atoms with Gasteiger partial charge in [0.1, 0.15) is 5.82 Å². The third kappa shape index (κ3) is 5.52. The molecule has 0 spiro atoms. The fourth-order valence-electron chi connectivity index (χ4n) is 3.58. The number of hydrogen-bond acceptors (Lipinski definition) is 3. The highest BCUT2D eigenvalue weighted by Crippen LogP contribution is 2.27. The standard InChI is InChI=1S/C19H31N3O/c1-18(2,3)14-19(4,5)21-17(23)15-9-10-16(20-13-15)22-11-7-6-8-12-22/h9-10,13H,6-8,11-12,14H2,1-5H3,(H,21,23). The summed E-state index contributed by atoms with van der Waals surface area (Å²) in [6.07, 6.45) is 6.38. The number of carbonyl (C=O) groups is 1. The summed E-state index contributed by atoms with van der Waals surface area (Å²) in [5, 5.41) is 3.14. The smallest absolute Gasteiger partial charge is 0.253 e. The molecule has 0 aromatic carbocycles. The molecule has 1 aliphatic heterocycles.